The monoisotopic (exact) mass is 315 g/mol. The molecule has 0 amide bonds. The fraction of sp³-hybridized carbons (Fsp3) is 0. The van der Waals surface area contributed by atoms with E-state index in [-0.39, 0.29) is 5.82 Å². The van der Waals surface area contributed by atoms with Crippen LogP contribution in [0.25, 0.3) is 11.6 Å². The molecule has 3 aromatic carbocycles. The van der Waals surface area contributed by atoms with Gasteiger partial charge in [-0.3, -0.25) is 0 Å². The summed E-state index contributed by atoms with van der Waals surface area (Å²) in [6.07, 6.45) is 1.71. The number of ether oxygens (including phenoxy) is 1. The fourth-order valence-corrected chi connectivity index (χ4v) is 2.30. The molecule has 24 heavy (non-hydrogen) atoms. The number of benzene rings is 3. The zero-order chi connectivity index (χ0) is 16.8. The summed E-state index contributed by atoms with van der Waals surface area (Å²) in [7, 11) is 0. The molecule has 0 saturated heterocycles. The Morgan fingerprint density at radius 3 is 2.38 bits per heavy atom. The van der Waals surface area contributed by atoms with Crippen LogP contribution in [0.5, 0.6) is 11.5 Å². The number of rotatable bonds is 4. The molecule has 0 aliphatic heterocycles. The number of para-hydroxylation sites is 1. The van der Waals surface area contributed by atoms with Crippen LogP contribution in [0.15, 0.2) is 78.9 Å². The Labute approximate surface area is 140 Å². The van der Waals surface area contributed by atoms with E-state index in [1.807, 2.05) is 54.6 Å². The summed E-state index contributed by atoms with van der Waals surface area (Å²) in [6, 6.07) is 25.0. The molecule has 0 N–H and O–H groups in total. The summed E-state index contributed by atoms with van der Waals surface area (Å²) in [5, 5.41) is 9.36. The van der Waals surface area contributed by atoms with Crippen LogP contribution in [0.3, 0.4) is 0 Å². The molecule has 0 bridgehead atoms. The van der Waals surface area contributed by atoms with Crippen molar-refractivity contribution in [1.29, 1.82) is 5.26 Å². The zero-order valence-electron chi connectivity index (χ0n) is 12.8. The minimum atomic E-state index is -0.366. The quantitative estimate of drug-likeness (QED) is 0.458. The van der Waals surface area contributed by atoms with Crippen molar-refractivity contribution in [3.05, 3.63) is 95.8 Å². The molecule has 0 fully saturated rings. The van der Waals surface area contributed by atoms with Crippen LogP contribution < -0.4 is 4.74 Å². The number of nitrogens with zero attached hydrogens (tertiary/aromatic N) is 1. The number of hydrogen-bond acceptors (Lipinski definition) is 2. The highest BCUT2D eigenvalue weighted by atomic mass is 19.1. The summed E-state index contributed by atoms with van der Waals surface area (Å²) in [4.78, 5) is 0. The first kappa shape index (κ1) is 15.5. The average molecular weight is 315 g/mol. The molecule has 2 nitrogen and oxygen atoms in total. The van der Waals surface area contributed by atoms with Crippen molar-refractivity contribution in [3.8, 4) is 17.6 Å². The summed E-state index contributed by atoms with van der Waals surface area (Å²) in [5.41, 5.74) is 1.75. The van der Waals surface area contributed by atoms with Gasteiger partial charge in [-0.15, -0.1) is 0 Å². The van der Waals surface area contributed by atoms with Gasteiger partial charge in [-0.2, -0.15) is 5.26 Å². The molecule has 116 valence electrons. The Hall–Kier alpha value is -3.38. The summed E-state index contributed by atoms with van der Waals surface area (Å²) in [6.45, 7) is 0. The molecule has 0 spiro atoms. The van der Waals surface area contributed by atoms with Crippen molar-refractivity contribution >= 4 is 11.6 Å². The van der Waals surface area contributed by atoms with Crippen LogP contribution in [0.1, 0.15) is 11.1 Å². The Kier molecular flexibility index (Phi) is 4.69. The Morgan fingerprint density at radius 1 is 0.875 bits per heavy atom. The smallest absolute Gasteiger partial charge is 0.128 e. The van der Waals surface area contributed by atoms with E-state index in [1.165, 1.54) is 12.1 Å². The third kappa shape index (κ3) is 3.88. The SMILES string of the molecule is N#C/C(=C/c1cccc(Oc2ccccc2)c1)c1cccc(F)c1. The van der Waals surface area contributed by atoms with Crippen LogP contribution >= 0.6 is 0 Å². The Bertz CT molecular complexity index is 910. The lowest BCUT2D eigenvalue weighted by Crippen LogP contribution is -1.86. The Balaban J connectivity index is 1.89. The van der Waals surface area contributed by atoms with Crippen LogP contribution in [0.4, 0.5) is 4.39 Å². The first-order valence-corrected chi connectivity index (χ1v) is 7.45. The van der Waals surface area contributed by atoms with Crippen molar-refractivity contribution in [2.45, 2.75) is 0 Å². The molecule has 0 radical (unpaired) electrons. The standard InChI is InChI=1S/C21H14FNO/c22-19-8-5-7-17(14-19)18(15-23)12-16-6-4-11-21(13-16)24-20-9-2-1-3-10-20/h1-14H/b18-12-. The van der Waals surface area contributed by atoms with Crippen molar-refractivity contribution in [1.82, 2.24) is 0 Å². The highest BCUT2D eigenvalue weighted by Gasteiger charge is 2.04. The lowest BCUT2D eigenvalue weighted by Gasteiger charge is -2.06. The molecular weight excluding hydrogens is 301 g/mol. The van der Waals surface area contributed by atoms with Gasteiger partial charge in [-0.1, -0.05) is 42.5 Å². The van der Waals surface area contributed by atoms with E-state index < -0.39 is 0 Å². The topological polar surface area (TPSA) is 33.0 Å². The minimum Gasteiger partial charge on any atom is -0.457 e. The summed E-state index contributed by atoms with van der Waals surface area (Å²) < 4.78 is 19.1. The predicted molar refractivity (Wildman–Crippen MR) is 92.8 cm³/mol. The maximum atomic E-state index is 13.4. The van der Waals surface area contributed by atoms with Gasteiger partial charge in [0.05, 0.1) is 11.6 Å². The summed E-state index contributed by atoms with van der Waals surface area (Å²) in [5.74, 6) is 1.05. The molecule has 0 heterocycles. The average Bonchev–Trinajstić information content (AvgIpc) is 2.61. The van der Waals surface area contributed by atoms with Gasteiger partial charge < -0.3 is 4.74 Å². The lowest BCUT2D eigenvalue weighted by molar-refractivity contribution is 0.482. The van der Waals surface area contributed by atoms with Gasteiger partial charge in [-0.25, -0.2) is 4.39 Å². The number of halogens is 1. The molecule has 0 unspecified atom stereocenters. The van der Waals surface area contributed by atoms with E-state index in [0.29, 0.717) is 16.9 Å². The highest BCUT2D eigenvalue weighted by molar-refractivity contribution is 5.89. The zero-order valence-corrected chi connectivity index (χ0v) is 12.8. The first-order valence-electron chi connectivity index (χ1n) is 7.45. The van der Waals surface area contributed by atoms with Crippen molar-refractivity contribution in [2.24, 2.45) is 0 Å². The van der Waals surface area contributed by atoms with E-state index >= 15 is 0 Å². The molecule has 3 heteroatoms. The van der Waals surface area contributed by atoms with E-state index in [1.54, 1.807) is 18.2 Å². The van der Waals surface area contributed by atoms with Gasteiger partial charge in [0.25, 0.3) is 0 Å². The molecule has 0 aliphatic rings. The first-order chi connectivity index (χ1) is 11.7. The maximum Gasteiger partial charge on any atom is 0.128 e. The normalized spacial score (nSPS) is 10.9. The second kappa shape index (κ2) is 7.26. The van der Waals surface area contributed by atoms with Crippen molar-refractivity contribution in [3.63, 3.8) is 0 Å². The largest absolute Gasteiger partial charge is 0.457 e. The Morgan fingerprint density at radius 2 is 1.62 bits per heavy atom. The maximum absolute atomic E-state index is 13.4. The van der Waals surface area contributed by atoms with E-state index in [9.17, 15) is 9.65 Å². The minimum absolute atomic E-state index is 0.366. The molecule has 3 rings (SSSR count). The van der Waals surface area contributed by atoms with Gasteiger partial charge in [-0.05, 0) is 53.6 Å². The molecule has 0 aliphatic carbocycles. The van der Waals surface area contributed by atoms with Crippen LogP contribution in [0, 0.1) is 17.1 Å². The van der Waals surface area contributed by atoms with E-state index in [0.717, 1.165) is 11.3 Å². The number of nitriles is 1. The molecule has 0 saturated carbocycles. The third-order valence-corrected chi connectivity index (χ3v) is 3.40. The van der Waals surface area contributed by atoms with E-state index in [4.69, 9.17) is 4.74 Å². The molecule has 0 atom stereocenters. The van der Waals surface area contributed by atoms with Gasteiger partial charge in [0.1, 0.15) is 17.3 Å². The van der Waals surface area contributed by atoms with Crippen LogP contribution in [-0.2, 0) is 0 Å². The van der Waals surface area contributed by atoms with Crippen LogP contribution in [-0.4, -0.2) is 0 Å². The van der Waals surface area contributed by atoms with Gasteiger partial charge in [0, 0.05) is 0 Å². The molecule has 3 aromatic rings. The van der Waals surface area contributed by atoms with Gasteiger partial charge in [0.2, 0.25) is 0 Å². The molecular formula is C21H14FNO. The van der Waals surface area contributed by atoms with Crippen LogP contribution in [0.2, 0.25) is 0 Å². The molecule has 0 aromatic heterocycles. The van der Waals surface area contributed by atoms with Crippen molar-refractivity contribution in [2.75, 3.05) is 0 Å². The number of allylic oxidation sites excluding steroid dienone is 1. The number of hydrogen-bond donors (Lipinski definition) is 0. The van der Waals surface area contributed by atoms with E-state index in [2.05, 4.69) is 6.07 Å². The van der Waals surface area contributed by atoms with Crippen molar-refractivity contribution < 1.29 is 9.13 Å². The second-order valence-corrected chi connectivity index (χ2v) is 5.17. The lowest BCUT2D eigenvalue weighted by atomic mass is 10.0. The van der Waals surface area contributed by atoms with Gasteiger partial charge >= 0.3 is 0 Å². The second-order valence-electron chi connectivity index (χ2n) is 5.17. The summed E-state index contributed by atoms with van der Waals surface area (Å²) >= 11 is 0. The van der Waals surface area contributed by atoms with Gasteiger partial charge in [0.15, 0.2) is 0 Å². The predicted octanol–water partition coefficient (Wildman–Crippen LogP) is 5.68. The third-order valence-electron chi connectivity index (χ3n) is 3.40. The highest BCUT2D eigenvalue weighted by Crippen LogP contribution is 2.24. The fourth-order valence-electron chi connectivity index (χ4n) is 2.30.